The number of amides is 1. The zero-order valence-electron chi connectivity index (χ0n) is 12.8. The van der Waals surface area contributed by atoms with Gasteiger partial charge in [0.15, 0.2) is 23.9 Å². The van der Waals surface area contributed by atoms with Crippen molar-refractivity contribution in [2.75, 3.05) is 18.7 Å². The Balaban J connectivity index is 1.63. The van der Waals surface area contributed by atoms with Gasteiger partial charge in [-0.25, -0.2) is 0 Å². The van der Waals surface area contributed by atoms with Gasteiger partial charge in [0.25, 0.3) is 5.91 Å². The number of hydrogen-bond donors (Lipinski definition) is 1. The smallest absolute Gasteiger partial charge is 0.262 e. The number of carbonyl (C=O) groups is 2. The van der Waals surface area contributed by atoms with Crippen LogP contribution in [-0.2, 0) is 4.79 Å². The largest absolute Gasteiger partial charge is 0.483 e. The lowest BCUT2D eigenvalue weighted by Gasteiger charge is -2.11. The number of benzene rings is 2. The highest BCUT2D eigenvalue weighted by molar-refractivity contribution is 6.31. The third kappa shape index (κ3) is 3.60. The predicted octanol–water partition coefficient (Wildman–Crippen LogP) is 3.29. The average Bonchev–Trinajstić information content (AvgIpc) is 3.01. The Labute approximate surface area is 143 Å². The number of ketones is 1. The van der Waals surface area contributed by atoms with Crippen LogP contribution in [0.1, 0.15) is 17.3 Å². The van der Waals surface area contributed by atoms with Crippen LogP contribution < -0.4 is 19.5 Å². The van der Waals surface area contributed by atoms with E-state index in [0.29, 0.717) is 33.5 Å². The van der Waals surface area contributed by atoms with Crippen LogP contribution in [0.2, 0.25) is 5.02 Å². The molecule has 2 aromatic rings. The van der Waals surface area contributed by atoms with Crippen LogP contribution in [0.5, 0.6) is 17.2 Å². The first-order valence-electron chi connectivity index (χ1n) is 7.16. The highest BCUT2D eigenvalue weighted by Crippen LogP contribution is 2.34. The van der Waals surface area contributed by atoms with E-state index in [9.17, 15) is 9.59 Å². The summed E-state index contributed by atoms with van der Waals surface area (Å²) in [5, 5.41) is 3.12. The predicted molar refractivity (Wildman–Crippen MR) is 88.1 cm³/mol. The number of ether oxygens (including phenoxy) is 3. The van der Waals surface area contributed by atoms with Crippen molar-refractivity contribution < 1.29 is 23.8 Å². The molecule has 0 atom stereocenters. The number of anilines is 1. The highest BCUT2D eigenvalue weighted by Gasteiger charge is 2.15. The average molecular weight is 348 g/mol. The first kappa shape index (κ1) is 16.1. The number of Topliss-reactive ketones (excluding diaryl/α,β-unsaturated/α-hetero) is 1. The number of hydrogen-bond acceptors (Lipinski definition) is 5. The Hall–Kier alpha value is -2.73. The summed E-state index contributed by atoms with van der Waals surface area (Å²) >= 11 is 5.87. The maximum atomic E-state index is 12.0. The Morgan fingerprint density at radius 1 is 1.17 bits per heavy atom. The summed E-state index contributed by atoms with van der Waals surface area (Å²) < 4.78 is 15.9. The van der Waals surface area contributed by atoms with Crippen molar-refractivity contribution in [1.82, 2.24) is 0 Å². The second-order valence-electron chi connectivity index (χ2n) is 5.10. The van der Waals surface area contributed by atoms with Gasteiger partial charge in [0.1, 0.15) is 5.75 Å². The van der Waals surface area contributed by atoms with E-state index < -0.39 is 0 Å². The minimum absolute atomic E-state index is 0.167. The van der Waals surface area contributed by atoms with Crippen LogP contribution >= 0.6 is 11.6 Å². The molecule has 6 nitrogen and oxygen atoms in total. The van der Waals surface area contributed by atoms with Gasteiger partial charge in [-0.3, -0.25) is 9.59 Å². The van der Waals surface area contributed by atoms with Crippen molar-refractivity contribution in [2.45, 2.75) is 6.92 Å². The topological polar surface area (TPSA) is 73.9 Å². The molecule has 0 unspecified atom stereocenters. The van der Waals surface area contributed by atoms with Crippen LogP contribution in [0.15, 0.2) is 36.4 Å². The van der Waals surface area contributed by atoms with Gasteiger partial charge in [-0.05, 0) is 37.3 Å². The zero-order valence-corrected chi connectivity index (χ0v) is 13.6. The second kappa shape index (κ2) is 6.80. The van der Waals surface area contributed by atoms with Crippen molar-refractivity contribution in [3.63, 3.8) is 0 Å². The van der Waals surface area contributed by atoms with Gasteiger partial charge in [0, 0.05) is 16.8 Å². The van der Waals surface area contributed by atoms with E-state index in [4.69, 9.17) is 25.8 Å². The van der Waals surface area contributed by atoms with Crippen molar-refractivity contribution in [2.24, 2.45) is 0 Å². The Morgan fingerprint density at radius 3 is 2.75 bits per heavy atom. The van der Waals surface area contributed by atoms with Gasteiger partial charge < -0.3 is 19.5 Å². The molecule has 1 aliphatic rings. The number of nitrogens with one attached hydrogen (secondary N) is 1. The lowest BCUT2D eigenvalue weighted by molar-refractivity contribution is -0.118. The van der Waals surface area contributed by atoms with Crippen LogP contribution in [-0.4, -0.2) is 25.1 Å². The highest BCUT2D eigenvalue weighted by atomic mass is 35.5. The molecule has 24 heavy (non-hydrogen) atoms. The molecule has 2 aromatic carbocycles. The van der Waals surface area contributed by atoms with Crippen LogP contribution in [0, 0.1) is 0 Å². The molecule has 0 saturated carbocycles. The van der Waals surface area contributed by atoms with Crippen LogP contribution in [0.4, 0.5) is 5.69 Å². The standard InChI is InChI=1S/C17H14ClNO5/c1-10(20)13-6-11(18)2-4-14(13)22-8-17(21)19-12-3-5-15-16(7-12)24-9-23-15/h2-7H,8-9H2,1H3,(H,19,21). The van der Waals surface area contributed by atoms with Gasteiger partial charge in [-0.15, -0.1) is 0 Å². The van der Waals surface area contributed by atoms with E-state index in [-0.39, 0.29) is 25.1 Å². The maximum Gasteiger partial charge on any atom is 0.262 e. The van der Waals surface area contributed by atoms with Gasteiger partial charge in [-0.1, -0.05) is 11.6 Å². The minimum atomic E-state index is -0.363. The van der Waals surface area contributed by atoms with Gasteiger partial charge in [-0.2, -0.15) is 0 Å². The van der Waals surface area contributed by atoms with Crippen molar-refractivity contribution in [3.05, 3.63) is 47.0 Å². The molecule has 1 aliphatic heterocycles. The molecular formula is C17H14ClNO5. The molecule has 0 saturated heterocycles. The molecule has 0 spiro atoms. The normalized spacial score (nSPS) is 11.9. The second-order valence-corrected chi connectivity index (χ2v) is 5.54. The Bertz CT molecular complexity index is 806. The zero-order chi connectivity index (χ0) is 17.1. The molecular weight excluding hydrogens is 334 g/mol. The molecule has 1 N–H and O–H groups in total. The molecule has 0 radical (unpaired) electrons. The third-order valence-electron chi connectivity index (χ3n) is 3.34. The summed E-state index contributed by atoms with van der Waals surface area (Å²) in [5.41, 5.74) is 0.897. The molecule has 7 heteroatoms. The first-order chi connectivity index (χ1) is 11.5. The summed E-state index contributed by atoms with van der Waals surface area (Å²) in [7, 11) is 0. The molecule has 0 aromatic heterocycles. The van der Waals surface area contributed by atoms with Crippen LogP contribution in [0.25, 0.3) is 0 Å². The minimum Gasteiger partial charge on any atom is -0.483 e. The van der Waals surface area contributed by atoms with Crippen molar-refractivity contribution >= 4 is 29.0 Å². The fourth-order valence-corrected chi connectivity index (χ4v) is 2.39. The van der Waals surface area contributed by atoms with E-state index >= 15 is 0 Å². The Morgan fingerprint density at radius 2 is 1.96 bits per heavy atom. The fourth-order valence-electron chi connectivity index (χ4n) is 2.22. The van der Waals surface area contributed by atoms with E-state index in [1.54, 1.807) is 30.3 Å². The SMILES string of the molecule is CC(=O)c1cc(Cl)ccc1OCC(=O)Nc1ccc2c(c1)OCO2. The lowest BCUT2D eigenvalue weighted by Crippen LogP contribution is -2.20. The van der Waals surface area contributed by atoms with Crippen LogP contribution in [0.3, 0.4) is 0 Å². The van der Waals surface area contributed by atoms with E-state index in [1.165, 1.54) is 13.0 Å². The number of fused-ring (bicyclic) bond motifs is 1. The summed E-state index contributed by atoms with van der Waals surface area (Å²) in [5.74, 6) is 0.969. The van der Waals surface area contributed by atoms with E-state index in [1.807, 2.05) is 0 Å². The molecule has 0 aliphatic carbocycles. The van der Waals surface area contributed by atoms with E-state index in [2.05, 4.69) is 5.32 Å². The summed E-state index contributed by atoms with van der Waals surface area (Å²) in [4.78, 5) is 23.6. The summed E-state index contributed by atoms with van der Waals surface area (Å²) in [6.45, 7) is 1.34. The van der Waals surface area contributed by atoms with E-state index in [0.717, 1.165) is 0 Å². The van der Waals surface area contributed by atoms with Crippen molar-refractivity contribution in [3.8, 4) is 17.2 Å². The molecule has 1 amide bonds. The quantitative estimate of drug-likeness (QED) is 0.840. The third-order valence-corrected chi connectivity index (χ3v) is 3.57. The molecule has 3 rings (SSSR count). The van der Waals surface area contributed by atoms with Gasteiger partial charge >= 0.3 is 0 Å². The molecule has 0 bridgehead atoms. The Kier molecular flexibility index (Phi) is 4.57. The van der Waals surface area contributed by atoms with Gasteiger partial charge in [0.05, 0.1) is 5.56 Å². The van der Waals surface area contributed by atoms with Gasteiger partial charge in [0.2, 0.25) is 6.79 Å². The number of rotatable bonds is 5. The molecule has 0 fully saturated rings. The molecule has 124 valence electrons. The lowest BCUT2D eigenvalue weighted by atomic mass is 10.1. The maximum absolute atomic E-state index is 12.0. The number of halogens is 1. The molecule has 1 heterocycles. The number of carbonyl (C=O) groups excluding carboxylic acids is 2. The fraction of sp³-hybridized carbons (Fsp3) is 0.176. The van der Waals surface area contributed by atoms with Crippen molar-refractivity contribution in [1.29, 1.82) is 0 Å². The summed E-state index contributed by atoms with van der Waals surface area (Å²) in [6, 6.07) is 9.75. The summed E-state index contributed by atoms with van der Waals surface area (Å²) in [6.07, 6.45) is 0. The monoisotopic (exact) mass is 347 g/mol. The first-order valence-corrected chi connectivity index (χ1v) is 7.53.